The summed E-state index contributed by atoms with van der Waals surface area (Å²) in [4.78, 5) is 0. The molecule has 0 spiro atoms. The van der Waals surface area contributed by atoms with Gasteiger partial charge < -0.3 is 0 Å². The number of allylic oxidation sites excluding steroid dienone is 1. The lowest BCUT2D eigenvalue weighted by Crippen LogP contribution is -2.18. The smallest absolute Gasteiger partial charge is 0.0831 e. The number of fused-ring (bicyclic) bond motifs is 1. The number of anilines is 1. The van der Waals surface area contributed by atoms with Gasteiger partial charge in [0.1, 0.15) is 0 Å². The first-order valence-electron chi connectivity index (χ1n) is 10.0. The first kappa shape index (κ1) is 17.4. The van der Waals surface area contributed by atoms with Crippen LogP contribution in [0.4, 0.5) is 5.69 Å². The van der Waals surface area contributed by atoms with Gasteiger partial charge in [-0.25, -0.2) is 0 Å². The van der Waals surface area contributed by atoms with E-state index in [1.807, 2.05) is 6.07 Å². The molecule has 0 radical (unpaired) electrons. The van der Waals surface area contributed by atoms with Crippen LogP contribution in [0.5, 0.6) is 0 Å². The van der Waals surface area contributed by atoms with Crippen LogP contribution in [0, 0.1) is 0 Å². The number of rotatable bonds is 4. The van der Waals surface area contributed by atoms with Crippen molar-refractivity contribution in [1.29, 1.82) is 0 Å². The summed E-state index contributed by atoms with van der Waals surface area (Å²) in [6.45, 7) is 0. The molecule has 1 heterocycles. The average molecular weight is 374 g/mol. The van der Waals surface area contributed by atoms with Crippen molar-refractivity contribution in [2.75, 3.05) is 5.01 Å². The fourth-order valence-corrected chi connectivity index (χ4v) is 3.88. The molecule has 0 saturated heterocycles. The van der Waals surface area contributed by atoms with Crippen molar-refractivity contribution in [2.45, 2.75) is 12.5 Å². The van der Waals surface area contributed by atoms with E-state index in [1.165, 1.54) is 21.9 Å². The van der Waals surface area contributed by atoms with Crippen LogP contribution in [0.2, 0.25) is 0 Å². The zero-order chi connectivity index (χ0) is 19.5. The zero-order valence-electron chi connectivity index (χ0n) is 16.1. The Hall–Kier alpha value is -3.65. The third-order valence-corrected chi connectivity index (χ3v) is 5.38. The molecular formula is C27H22N2. The summed E-state index contributed by atoms with van der Waals surface area (Å²) >= 11 is 0. The summed E-state index contributed by atoms with van der Waals surface area (Å²) in [6, 6.07) is 36.3. The Morgan fingerprint density at radius 2 is 1.38 bits per heavy atom. The summed E-state index contributed by atoms with van der Waals surface area (Å²) in [5.41, 5.74) is 4.69. The molecule has 5 rings (SSSR count). The SMILES string of the molecule is C(=Cc1ccccc1)C1=NN(c2ccc3ccccc3c2)C(c2ccccc2)C1. The first-order valence-corrected chi connectivity index (χ1v) is 10.0. The van der Waals surface area contributed by atoms with Gasteiger partial charge in [-0.15, -0.1) is 0 Å². The molecule has 0 fully saturated rings. The molecule has 1 aliphatic rings. The monoisotopic (exact) mass is 374 g/mol. The summed E-state index contributed by atoms with van der Waals surface area (Å²) in [7, 11) is 0. The van der Waals surface area contributed by atoms with E-state index in [4.69, 9.17) is 5.10 Å². The van der Waals surface area contributed by atoms with Crippen LogP contribution in [-0.4, -0.2) is 5.71 Å². The maximum absolute atomic E-state index is 5.00. The lowest BCUT2D eigenvalue weighted by atomic mass is 10.0. The quantitative estimate of drug-likeness (QED) is 0.381. The predicted molar refractivity (Wildman–Crippen MR) is 123 cm³/mol. The zero-order valence-corrected chi connectivity index (χ0v) is 16.1. The van der Waals surface area contributed by atoms with E-state index in [1.54, 1.807) is 0 Å². The number of hydrogen-bond donors (Lipinski definition) is 0. The summed E-state index contributed by atoms with van der Waals surface area (Å²) in [5, 5.41) is 9.66. The topological polar surface area (TPSA) is 15.6 Å². The number of hydrazone groups is 1. The molecule has 1 atom stereocenters. The molecule has 0 amide bonds. The highest BCUT2D eigenvalue weighted by molar-refractivity contribution is 6.01. The van der Waals surface area contributed by atoms with E-state index in [-0.39, 0.29) is 6.04 Å². The van der Waals surface area contributed by atoms with Gasteiger partial charge >= 0.3 is 0 Å². The van der Waals surface area contributed by atoms with Gasteiger partial charge in [0, 0.05) is 6.42 Å². The Kier molecular flexibility index (Phi) is 4.67. The number of nitrogens with zero attached hydrogens (tertiary/aromatic N) is 2. The highest BCUT2D eigenvalue weighted by Crippen LogP contribution is 2.36. The van der Waals surface area contributed by atoms with Crippen molar-refractivity contribution >= 4 is 28.2 Å². The average Bonchev–Trinajstić information content (AvgIpc) is 3.23. The second-order valence-electron chi connectivity index (χ2n) is 7.34. The largest absolute Gasteiger partial charge is 0.257 e. The fourth-order valence-electron chi connectivity index (χ4n) is 3.88. The number of hydrogen-bond acceptors (Lipinski definition) is 2. The lowest BCUT2D eigenvalue weighted by molar-refractivity contribution is 0.709. The molecule has 0 saturated carbocycles. The van der Waals surface area contributed by atoms with Crippen LogP contribution < -0.4 is 5.01 Å². The van der Waals surface area contributed by atoms with Gasteiger partial charge in [0.2, 0.25) is 0 Å². The van der Waals surface area contributed by atoms with Crippen LogP contribution in [0.15, 0.2) is 114 Å². The third kappa shape index (κ3) is 3.70. The Morgan fingerprint density at radius 3 is 2.17 bits per heavy atom. The van der Waals surface area contributed by atoms with Crippen molar-refractivity contribution in [3.63, 3.8) is 0 Å². The molecule has 0 N–H and O–H groups in total. The van der Waals surface area contributed by atoms with Crippen molar-refractivity contribution in [3.05, 3.63) is 120 Å². The molecule has 29 heavy (non-hydrogen) atoms. The Labute approximate surface area is 171 Å². The summed E-state index contributed by atoms with van der Waals surface area (Å²) < 4.78 is 0. The van der Waals surface area contributed by atoms with Gasteiger partial charge in [-0.1, -0.05) is 97.1 Å². The fraction of sp³-hybridized carbons (Fsp3) is 0.0741. The van der Waals surface area contributed by atoms with Crippen LogP contribution in [0.1, 0.15) is 23.6 Å². The van der Waals surface area contributed by atoms with Gasteiger partial charge in [-0.2, -0.15) is 5.10 Å². The molecule has 0 aliphatic carbocycles. The van der Waals surface area contributed by atoms with Crippen LogP contribution in [0.25, 0.3) is 16.8 Å². The van der Waals surface area contributed by atoms with E-state index < -0.39 is 0 Å². The Morgan fingerprint density at radius 1 is 0.690 bits per heavy atom. The van der Waals surface area contributed by atoms with E-state index >= 15 is 0 Å². The van der Waals surface area contributed by atoms with E-state index in [2.05, 4.69) is 114 Å². The normalized spacial score (nSPS) is 16.5. The third-order valence-electron chi connectivity index (χ3n) is 5.38. The summed E-state index contributed by atoms with van der Waals surface area (Å²) in [6.07, 6.45) is 5.18. The van der Waals surface area contributed by atoms with Crippen molar-refractivity contribution in [1.82, 2.24) is 0 Å². The van der Waals surface area contributed by atoms with E-state index in [0.29, 0.717) is 0 Å². The maximum atomic E-state index is 5.00. The molecular weight excluding hydrogens is 352 g/mol. The van der Waals surface area contributed by atoms with Gasteiger partial charge in [0.15, 0.2) is 0 Å². The van der Waals surface area contributed by atoms with E-state index in [0.717, 1.165) is 17.8 Å². The Balaban J connectivity index is 1.52. The Bertz CT molecular complexity index is 1180. The molecule has 4 aromatic carbocycles. The van der Waals surface area contributed by atoms with Crippen LogP contribution in [0.3, 0.4) is 0 Å². The minimum absolute atomic E-state index is 0.202. The minimum atomic E-state index is 0.202. The molecule has 2 heteroatoms. The van der Waals surface area contributed by atoms with Gasteiger partial charge in [0.05, 0.1) is 17.4 Å². The highest BCUT2D eigenvalue weighted by atomic mass is 15.5. The molecule has 1 unspecified atom stereocenters. The van der Waals surface area contributed by atoms with Crippen molar-refractivity contribution in [2.24, 2.45) is 5.10 Å². The second-order valence-corrected chi connectivity index (χ2v) is 7.34. The van der Waals surface area contributed by atoms with Gasteiger partial charge in [-0.3, -0.25) is 5.01 Å². The summed E-state index contributed by atoms with van der Waals surface area (Å²) in [5.74, 6) is 0. The van der Waals surface area contributed by atoms with Crippen LogP contribution >= 0.6 is 0 Å². The lowest BCUT2D eigenvalue weighted by Gasteiger charge is -2.24. The van der Waals surface area contributed by atoms with Crippen LogP contribution in [-0.2, 0) is 0 Å². The molecule has 1 aliphatic heterocycles. The molecule has 0 aromatic heterocycles. The van der Waals surface area contributed by atoms with Gasteiger partial charge in [0.25, 0.3) is 0 Å². The van der Waals surface area contributed by atoms with Crippen molar-refractivity contribution < 1.29 is 0 Å². The van der Waals surface area contributed by atoms with E-state index in [9.17, 15) is 0 Å². The minimum Gasteiger partial charge on any atom is -0.257 e. The predicted octanol–water partition coefficient (Wildman–Crippen LogP) is 6.86. The van der Waals surface area contributed by atoms with Crippen molar-refractivity contribution in [3.8, 4) is 0 Å². The highest BCUT2D eigenvalue weighted by Gasteiger charge is 2.28. The molecule has 2 nitrogen and oxygen atoms in total. The number of benzene rings is 4. The standard InChI is InChI=1S/C27H22N2/c1-3-9-21(10-4-1)15-17-25-20-27(23-12-5-2-6-13-23)29(28-25)26-18-16-22-11-7-8-14-24(22)19-26/h1-19,27H,20H2. The molecule has 4 aromatic rings. The second kappa shape index (κ2) is 7.76. The maximum Gasteiger partial charge on any atom is 0.0831 e. The van der Waals surface area contributed by atoms with Gasteiger partial charge in [-0.05, 0) is 40.1 Å². The molecule has 140 valence electrons. The molecule has 0 bridgehead atoms. The first-order chi connectivity index (χ1) is 14.4.